The molecule has 6 rings (SSSR count). The van der Waals surface area contributed by atoms with E-state index < -0.39 is 5.82 Å². The monoisotopic (exact) mass is 575 g/mol. The first-order valence-electron chi connectivity index (χ1n) is 14.2. The maximum Gasteiger partial charge on any atom is 0.246 e. The van der Waals surface area contributed by atoms with Crippen LogP contribution in [-0.2, 0) is 11.8 Å². The number of benzene rings is 2. The normalized spacial score (nSPS) is 19.7. The Labute approximate surface area is 244 Å². The van der Waals surface area contributed by atoms with Crippen molar-refractivity contribution in [3.05, 3.63) is 53.5 Å². The van der Waals surface area contributed by atoms with Gasteiger partial charge in [-0.3, -0.25) is 9.48 Å². The summed E-state index contributed by atoms with van der Waals surface area (Å²) in [7, 11) is 1.85. The van der Waals surface area contributed by atoms with Crippen molar-refractivity contribution in [3.8, 4) is 11.1 Å². The van der Waals surface area contributed by atoms with Crippen molar-refractivity contribution in [1.82, 2.24) is 24.6 Å². The van der Waals surface area contributed by atoms with E-state index in [9.17, 15) is 4.79 Å². The third-order valence-electron chi connectivity index (χ3n) is 8.75. The first-order valence-corrected chi connectivity index (χ1v) is 14.6. The van der Waals surface area contributed by atoms with Gasteiger partial charge in [-0.15, -0.1) is 0 Å². The van der Waals surface area contributed by atoms with Crippen molar-refractivity contribution < 1.29 is 9.18 Å². The van der Waals surface area contributed by atoms with Crippen LogP contribution in [0.15, 0.2) is 37.1 Å². The number of rotatable bonds is 5. The third-order valence-corrected chi connectivity index (χ3v) is 9.04. The zero-order valence-electron chi connectivity index (χ0n) is 24.2. The van der Waals surface area contributed by atoms with Crippen molar-refractivity contribution in [2.75, 3.05) is 36.0 Å². The summed E-state index contributed by atoms with van der Waals surface area (Å²) in [5.74, 6) is 1.16. The van der Waals surface area contributed by atoms with Gasteiger partial charge in [0.05, 0.1) is 16.7 Å². The minimum Gasteiger partial charge on any atom is -0.349 e. The van der Waals surface area contributed by atoms with Crippen LogP contribution in [0, 0.1) is 18.7 Å². The van der Waals surface area contributed by atoms with Crippen molar-refractivity contribution >= 4 is 51.1 Å². The summed E-state index contributed by atoms with van der Waals surface area (Å²) in [6, 6.07) is 5.61. The molecule has 2 aromatic heterocycles. The molecule has 2 aliphatic rings. The number of carbonyl (C=O) groups is 1. The van der Waals surface area contributed by atoms with Gasteiger partial charge in [0.25, 0.3) is 0 Å². The van der Waals surface area contributed by atoms with Gasteiger partial charge in [0.2, 0.25) is 11.9 Å². The Morgan fingerprint density at radius 3 is 2.61 bits per heavy atom. The van der Waals surface area contributed by atoms with E-state index in [0.29, 0.717) is 52.3 Å². The lowest BCUT2D eigenvalue weighted by Crippen LogP contribution is -2.58. The van der Waals surface area contributed by atoms with Gasteiger partial charge in [-0.1, -0.05) is 37.2 Å². The summed E-state index contributed by atoms with van der Waals surface area (Å²) >= 11 is 6.95. The second kappa shape index (κ2) is 10.3. The number of hydrogen-bond acceptors (Lipinski definition) is 6. The maximum atomic E-state index is 16.9. The summed E-state index contributed by atoms with van der Waals surface area (Å²) < 4.78 is 18.7. The van der Waals surface area contributed by atoms with Gasteiger partial charge in [0, 0.05) is 67.2 Å². The Morgan fingerprint density at radius 1 is 1.15 bits per heavy atom. The second-order valence-corrected chi connectivity index (χ2v) is 11.9. The highest BCUT2D eigenvalue weighted by atomic mass is 35.5. The number of piperazine rings is 1. The summed E-state index contributed by atoms with van der Waals surface area (Å²) in [5.41, 5.74) is 2.99. The quantitative estimate of drug-likeness (QED) is 0.283. The van der Waals surface area contributed by atoms with Gasteiger partial charge in [-0.2, -0.15) is 10.1 Å². The van der Waals surface area contributed by atoms with Gasteiger partial charge in [-0.25, -0.2) is 9.37 Å². The van der Waals surface area contributed by atoms with Crippen LogP contribution in [0.4, 0.5) is 16.2 Å². The number of halogens is 2. The van der Waals surface area contributed by atoms with Crippen LogP contribution in [0.2, 0.25) is 5.02 Å². The Bertz CT molecular complexity index is 1700. The molecule has 0 aliphatic carbocycles. The molecule has 1 amide bonds. The fourth-order valence-electron chi connectivity index (χ4n) is 6.28. The van der Waals surface area contributed by atoms with Crippen LogP contribution >= 0.6 is 11.6 Å². The summed E-state index contributed by atoms with van der Waals surface area (Å²) in [5, 5.41) is 6.17. The van der Waals surface area contributed by atoms with Crippen LogP contribution in [0.25, 0.3) is 32.9 Å². The standard InChI is InChI=1S/C31H35ClFN7O/c1-7-20-15-38(16-20)31-35-28-22(30(36-31)40-14-18(4)39(13-19(40)5)24(41)8-2)11-23(32)26(27(28)33)25-17(3)9-10-21-12-34-37(6)29(21)25/h8-12,18-20H,2,7,13-16H2,1,3-6H3/t18-,19+/m1/s1. The molecular formula is C31H35ClFN7O. The Balaban J connectivity index is 1.56. The first kappa shape index (κ1) is 27.4. The first-order chi connectivity index (χ1) is 19.6. The van der Waals surface area contributed by atoms with E-state index in [-0.39, 0.29) is 23.5 Å². The Morgan fingerprint density at radius 2 is 1.90 bits per heavy atom. The molecule has 0 unspecified atom stereocenters. The molecule has 8 nitrogen and oxygen atoms in total. The van der Waals surface area contributed by atoms with E-state index in [1.165, 1.54) is 6.08 Å². The molecule has 0 N–H and O–H groups in total. The summed E-state index contributed by atoms with van der Waals surface area (Å²) in [4.78, 5) is 28.4. The molecule has 214 valence electrons. The van der Waals surface area contributed by atoms with E-state index in [0.717, 1.165) is 36.0 Å². The fourth-order valence-corrected chi connectivity index (χ4v) is 6.56. The van der Waals surface area contributed by atoms with Crippen LogP contribution in [0.3, 0.4) is 0 Å². The van der Waals surface area contributed by atoms with Crippen molar-refractivity contribution in [2.24, 2.45) is 13.0 Å². The minimum atomic E-state index is -0.470. The number of anilines is 2. The molecule has 2 saturated heterocycles. The molecule has 0 saturated carbocycles. The van der Waals surface area contributed by atoms with E-state index in [2.05, 4.69) is 35.3 Å². The number of hydrogen-bond donors (Lipinski definition) is 0. The molecule has 0 radical (unpaired) electrons. The second-order valence-electron chi connectivity index (χ2n) is 11.5. The lowest BCUT2D eigenvalue weighted by Gasteiger charge is -2.45. The van der Waals surface area contributed by atoms with Gasteiger partial charge in [0.1, 0.15) is 11.3 Å². The van der Waals surface area contributed by atoms with Crippen LogP contribution < -0.4 is 9.80 Å². The smallest absolute Gasteiger partial charge is 0.246 e. The average molecular weight is 576 g/mol. The molecule has 41 heavy (non-hydrogen) atoms. The number of nitrogens with zero attached hydrogens (tertiary/aromatic N) is 7. The summed E-state index contributed by atoms with van der Waals surface area (Å²) in [6.07, 6.45) is 4.20. The molecule has 4 aromatic rings. The largest absolute Gasteiger partial charge is 0.349 e. The Kier molecular flexibility index (Phi) is 6.88. The van der Waals surface area contributed by atoms with Gasteiger partial charge < -0.3 is 14.7 Å². The lowest BCUT2D eigenvalue weighted by molar-refractivity contribution is -0.128. The van der Waals surface area contributed by atoms with Gasteiger partial charge in [0.15, 0.2) is 5.82 Å². The van der Waals surface area contributed by atoms with E-state index in [1.807, 2.05) is 37.9 Å². The maximum absolute atomic E-state index is 16.9. The van der Waals surface area contributed by atoms with E-state index in [4.69, 9.17) is 21.6 Å². The van der Waals surface area contributed by atoms with Crippen LogP contribution in [0.5, 0.6) is 0 Å². The number of aromatic nitrogens is 4. The predicted molar refractivity (Wildman–Crippen MR) is 163 cm³/mol. The summed E-state index contributed by atoms with van der Waals surface area (Å²) in [6.45, 7) is 14.6. The molecule has 2 aliphatic heterocycles. The Hall–Kier alpha value is -3.72. The van der Waals surface area contributed by atoms with E-state index >= 15 is 4.39 Å². The topological polar surface area (TPSA) is 70.4 Å². The molecule has 2 atom stereocenters. The van der Waals surface area contributed by atoms with Crippen LogP contribution in [0.1, 0.15) is 32.8 Å². The number of aryl methyl sites for hydroxylation is 2. The number of fused-ring (bicyclic) bond motifs is 2. The zero-order valence-corrected chi connectivity index (χ0v) is 24.9. The molecule has 2 aromatic carbocycles. The molecule has 0 bridgehead atoms. The predicted octanol–water partition coefficient (Wildman–Crippen LogP) is 5.74. The molecule has 10 heteroatoms. The highest BCUT2D eigenvalue weighted by Gasteiger charge is 2.35. The van der Waals surface area contributed by atoms with Gasteiger partial charge >= 0.3 is 0 Å². The minimum absolute atomic E-state index is 0.0622. The van der Waals surface area contributed by atoms with Gasteiger partial charge in [-0.05, 0) is 50.8 Å². The van der Waals surface area contributed by atoms with Crippen molar-refractivity contribution in [3.63, 3.8) is 0 Å². The van der Waals surface area contributed by atoms with Crippen molar-refractivity contribution in [2.45, 2.75) is 46.2 Å². The lowest BCUT2D eigenvalue weighted by atomic mass is 9.95. The number of amides is 1. The molecule has 4 heterocycles. The fraction of sp³-hybridized carbons (Fsp3) is 0.419. The molecular weight excluding hydrogens is 541 g/mol. The molecule has 0 spiro atoms. The zero-order chi connectivity index (χ0) is 29.2. The third kappa shape index (κ3) is 4.41. The highest BCUT2D eigenvalue weighted by Crippen LogP contribution is 2.43. The number of carbonyl (C=O) groups excluding carboxylic acids is 1. The average Bonchev–Trinajstić information content (AvgIpc) is 3.30. The highest BCUT2D eigenvalue weighted by molar-refractivity contribution is 6.35. The van der Waals surface area contributed by atoms with Crippen molar-refractivity contribution in [1.29, 1.82) is 0 Å². The van der Waals surface area contributed by atoms with E-state index in [1.54, 1.807) is 16.9 Å². The van der Waals surface area contributed by atoms with Crippen LogP contribution in [-0.4, -0.2) is 68.8 Å². The molecule has 2 fully saturated rings. The SMILES string of the molecule is C=CC(=O)N1C[C@H](C)N(c2nc(N3CC(CC)C3)nc3c(F)c(-c4c(C)ccc5cnn(C)c45)c(Cl)cc23)C[C@H]1C.